The molecule has 1 N–H and O–H groups in total. The van der Waals surface area contributed by atoms with E-state index in [-0.39, 0.29) is 6.54 Å². The third-order valence-electron chi connectivity index (χ3n) is 5.38. The van der Waals surface area contributed by atoms with Crippen LogP contribution in [0.25, 0.3) is 17.0 Å². The standard InChI is InChI=1S/C25H18ClF2N5O/c1-15-13-23(30-24(34)16-9-11-17(27)12-10-16)33(31-15)25-29-21-7-2-3-8-22(21)32(25)14-18-19(26)5-4-6-20(18)28/h2-13H,14H2,1H3,(H,30,34). The minimum absolute atomic E-state index is 0.103. The van der Waals surface area contributed by atoms with Crippen LogP contribution in [0.15, 0.2) is 72.8 Å². The van der Waals surface area contributed by atoms with E-state index in [0.717, 1.165) is 5.52 Å². The summed E-state index contributed by atoms with van der Waals surface area (Å²) in [7, 11) is 0. The van der Waals surface area contributed by atoms with E-state index in [1.807, 2.05) is 24.3 Å². The lowest BCUT2D eigenvalue weighted by Crippen LogP contribution is -2.17. The quantitative estimate of drug-likeness (QED) is 0.350. The number of aryl methyl sites for hydroxylation is 1. The molecule has 0 aliphatic heterocycles. The van der Waals surface area contributed by atoms with Crippen molar-refractivity contribution in [2.24, 2.45) is 0 Å². The van der Waals surface area contributed by atoms with E-state index in [1.165, 1.54) is 35.0 Å². The molecule has 0 saturated carbocycles. The molecule has 0 spiro atoms. The highest BCUT2D eigenvalue weighted by atomic mass is 35.5. The van der Waals surface area contributed by atoms with Gasteiger partial charge < -0.3 is 9.88 Å². The Morgan fingerprint density at radius 1 is 1.03 bits per heavy atom. The molecule has 3 aromatic carbocycles. The van der Waals surface area contributed by atoms with Crippen molar-refractivity contribution in [2.45, 2.75) is 13.5 Å². The van der Waals surface area contributed by atoms with E-state index in [1.54, 1.807) is 29.7 Å². The van der Waals surface area contributed by atoms with E-state index < -0.39 is 17.5 Å². The number of benzene rings is 3. The Hall–Kier alpha value is -4.04. The maximum absolute atomic E-state index is 14.6. The van der Waals surface area contributed by atoms with Crippen molar-refractivity contribution in [3.8, 4) is 5.95 Å². The normalized spacial score (nSPS) is 11.2. The summed E-state index contributed by atoms with van der Waals surface area (Å²) in [5, 5.41) is 7.62. The lowest BCUT2D eigenvalue weighted by atomic mass is 10.2. The molecule has 170 valence electrons. The second kappa shape index (κ2) is 8.72. The highest BCUT2D eigenvalue weighted by molar-refractivity contribution is 6.31. The van der Waals surface area contributed by atoms with E-state index in [9.17, 15) is 13.6 Å². The molecule has 5 rings (SSSR count). The zero-order chi connectivity index (χ0) is 23.8. The summed E-state index contributed by atoms with van der Waals surface area (Å²) in [4.78, 5) is 17.5. The summed E-state index contributed by atoms with van der Waals surface area (Å²) in [6, 6.07) is 18.9. The summed E-state index contributed by atoms with van der Waals surface area (Å²) in [6.07, 6.45) is 0. The van der Waals surface area contributed by atoms with Crippen molar-refractivity contribution < 1.29 is 13.6 Å². The molecule has 0 saturated heterocycles. The number of carbonyl (C=O) groups excluding carboxylic acids is 1. The SMILES string of the molecule is Cc1cc(NC(=O)c2ccc(F)cc2)n(-c2nc3ccccc3n2Cc2c(F)cccc2Cl)n1. The van der Waals surface area contributed by atoms with E-state index in [4.69, 9.17) is 16.6 Å². The van der Waals surface area contributed by atoms with Crippen LogP contribution in [0.3, 0.4) is 0 Å². The maximum Gasteiger partial charge on any atom is 0.256 e. The Bertz CT molecular complexity index is 1500. The van der Waals surface area contributed by atoms with Gasteiger partial charge in [-0.25, -0.2) is 13.8 Å². The first-order valence-electron chi connectivity index (χ1n) is 10.4. The Morgan fingerprint density at radius 3 is 2.56 bits per heavy atom. The van der Waals surface area contributed by atoms with Crippen LogP contribution in [0, 0.1) is 18.6 Å². The molecule has 2 heterocycles. The predicted octanol–water partition coefficient (Wildman–Crippen LogP) is 5.76. The lowest BCUT2D eigenvalue weighted by Gasteiger charge is -2.13. The molecule has 0 aliphatic rings. The minimum Gasteiger partial charge on any atom is -0.306 e. The van der Waals surface area contributed by atoms with Crippen LogP contribution in [-0.2, 0) is 6.54 Å². The number of para-hydroxylation sites is 2. The molecule has 0 fully saturated rings. The molecule has 1 amide bonds. The van der Waals surface area contributed by atoms with Crippen LogP contribution in [-0.4, -0.2) is 25.2 Å². The first-order chi connectivity index (χ1) is 16.4. The Kier molecular flexibility index (Phi) is 5.59. The molecule has 0 unspecified atom stereocenters. The van der Waals surface area contributed by atoms with Crippen molar-refractivity contribution in [3.05, 3.63) is 106 Å². The van der Waals surface area contributed by atoms with Crippen molar-refractivity contribution in [2.75, 3.05) is 5.32 Å². The van der Waals surface area contributed by atoms with Crippen LogP contribution in [0.5, 0.6) is 0 Å². The molecule has 0 radical (unpaired) electrons. The number of hydrogen-bond acceptors (Lipinski definition) is 3. The second-order valence-electron chi connectivity index (χ2n) is 7.73. The number of amides is 1. The summed E-state index contributed by atoms with van der Waals surface area (Å²) >= 11 is 6.30. The second-order valence-corrected chi connectivity index (χ2v) is 8.14. The first-order valence-corrected chi connectivity index (χ1v) is 10.8. The Morgan fingerprint density at radius 2 is 1.79 bits per heavy atom. The van der Waals surface area contributed by atoms with Gasteiger partial charge in [-0.1, -0.05) is 29.8 Å². The van der Waals surface area contributed by atoms with Gasteiger partial charge in [0.15, 0.2) is 0 Å². The molecule has 0 bridgehead atoms. The fraction of sp³-hybridized carbons (Fsp3) is 0.0800. The predicted molar refractivity (Wildman–Crippen MR) is 126 cm³/mol. The van der Waals surface area contributed by atoms with Crippen LogP contribution < -0.4 is 5.32 Å². The van der Waals surface area contributed by atoms with Crippen LogP contribution in [0.2, 0.25) is 5.02 Å². The van der Waals surface area contributed by atoms with Crippen LogP contribution in [0.1, 0.15) is 21.6 Å². The van der Waals surface area contributed by atoms with E-state index >= 15 is 0 Å². The zero-order valence-electron chi connectivity index (χ0n) is 18.0. The van der Waals surface area contributed by atoms with Gasteiger partial charge >= 0.3 is 0 Å². The first kappa shape index (κ1) is 21.8. The molecule has 6 nitrogen and oxygen atoms in total. The number of halogens is 3. The average molecular weight is 478 g/mol. The summed E-state index contributed by atoms with van der Waals surface area (Å²) in [6.45, 7) is 1.89. The largest absolute Gasteiger partial charge is 0.306 e. The molecular weight excluding hydrogens is 460 g/mol. The van der Waals surface area contributed by atoms with Gasteiger partial charge in [0.1, 0.15) is 17.5 Å². The fourth-order valence-corrected chi connectivity index (χ4v) is 3.98. The van der Waals surface area contributed by atoms with Gasteiger partial charge in [0.05, 0.1) is 23.3 Å². The number of nitrogens with zero attached hydrogens (tertiary/aromatic N) is 4. The molecule has 0 atom stereocenters. The highest BCUT2D eigenvalue weighted by Crippen LogP contribution is 2.27. The number of hydrogen-bond donors (Lipinski definition) is 1. The number of imidazole rings is 1. The van der Waals surface area contributed by atoms with E-state index in [0.29, 0.717) is 39.1 Å². The molecule has 0 aliphatic carbocycles. The number of nitrogens with one attached hydrogen (secondary N) is 1. The summed E-state index contributed by atoms with van der Waals surface area (Å²) in [5.41, 5.74) is 2.67. The van der Waals surface area contributed by atoms with Gasteiger partial charge in [-0.2, -0.15) is 9.78 Å². The van der Waals surface area contributed by atoms with Crippen molar-refractivity contribution >= 4 is 34.4 Å². The van der Waals surface area contributed by atoms with Crippen molar-refractivity contribution in [1.82, 2.24) is 19.3 Å². The van der Waals surface area contributed by atoms with Gasteiger partial charge in [-0.3, -0.25) is 4.79 Å². The maximum atomic E-state index is 14.6. The van der Waals surface area contributed by atoms with E-state index in [2.05, 4.69) is 10.4 Å². The third-order valence-corrected chi connectivity index (χ3v) is 5.74. The van der Waals surface area contributed by atoms with Gasteiger partial charge in [0.25, 0.3) is 5.91 Å². The Labute approximate surface area is 198 Å². The number of fused-ring (bicyclic) bond motifs is 1. The molecule has 34 heavy (non-hydrogen) atoms. The average Bonchev–Trinajstić information content (AvgIpc) is 3.36. The number of rotatable bonds is 5. The Balaban J connectivity index is 1.61. The van der Waals surface area contributed by atoms with Crippen LogP contribution in [0.4, 0.5) is 14.6 Å². The topological polar surface area (TPSA) is 64.7 Å². The van der Waals surface area contributed by atoms with Gasteiger partial charge in [0, 0.05) is 22.2 Å². The molecule has 2 aromatic heterocycles. The summed E-state index contributed by atoms with van der Waals surface area (Å²) < 4.78 is 31.2. The van der Waals surface area contributed by atoms with Gasteiger partial charge in [-0.05, 0) is 55.5 Å². The highest BCUT2D eigenvalue weighted by Gasteiger charge is 2.20. The number of aromatic nitrogens is 4. The molecule has 9 heteroatoms. The molecule has 5 aromatic rings. The fourth-order valence-electron chi connectivity index (χ4n) is 3.75. The summed E-state index contributed by atoms with van der Waals surface area (Å²) in [5.74, 6) is -0.553. The van der Waals surface area contributed by atoms with Gasteiger partial charge in [-0.15, -0.1) is 0 Å². The number of carbonyl (C=O) groups is 1. The van der Waals surface area contributed by atoms with Crippen molar-refractivity contribution in [1.29, 1.82) is 0 Å². The van der Waals surface area contributed by atoms with Gasteiger partial charge in [0.2, 0.25) is 5.95 Å². The molecular formula is C25H18ClF2N5O. The smallest absolute Gasteiger partial charge is 0.256 e. The number of anilines is 1. The lowest BCUT2D eigenvalue weighted by molar-refractivity contribution is 0.102. The zero-order valence-corrected chi connectivity index (χ0v) is 18.7. The minimum atomic E-state index is -0.433. The third kappa shape index (κ3) is 4.04. The van der Waals surface area contributed by atoms with Crippen molar-refractivity contribution in [3.63, 3.8) is 0 Å². The monoisotopic (exact) mass is 477 g/mol. The van der Waals surface area contributed by atoms with Crippen LogP contribution >= 0.6 is 11.6 Å².